The Balaban J connectivity index is 1.53. The number of fused-ring (bicyclic) bond motifs is 1. The number of pyridine rings is 1. The highest BCUT2D eigenvalue weighted by molar-refractivity contribution is 5.71. The molecule has 1 aromatic carbocycles. The highest BCUT2D eigenvalue weighted by atomic mass is 16.5. The zero-order valence-corrected chi connectivity index (χ0v) is 21.1. The van der Waals surface area contributed by atoms with E-state index < -0.39 is 6.23 Å². The summed E-state index contributed by atoms with van der Waals surface area (Å²) < 4.78 is 11.7. The van der Waals surface area contributed by atoms with Gasteiger partial charge in [-0.15, -0.1) is 0 Å². The maximum atomic E-state index is 11.2. The summed E-state index contributed by atoms with van der Waals surface area (Å²) in [6.45, 7) is 11.1. The minimum Gasteiger partial charge on any atom is -0.465 e. The van der Waals surface area contributed by atoms with Gasteiger partial charge in [-0.3, -0.25) is 4.90 Å². The summed E-state index contributed by atoms with van der Waals surface area (Å²) in [5.74, 6) is 1.66. The first kappa shape index (κ1) is 23.9. The van der Waals surface area contributed by atoms with Gasteiger partial charge in [0.05, 0.1) is 35.9 Å². The van der Waals surface area contributed by atoms with Gasteiger partial charge in [-0.1, -0.05) is 44.2 Å². The number of nitrogens with zero attached hydrogens (tertiary/aromatic N) is 3. The Morgan fingerprint density at radius 2 is 1.86 bits per heavy atom. The average molecular weight is 477 g/mol. The van der Waals surface area contributed by atoms with E-state index in [1.54, 1.807) is 6.26 Å². The maximum Gasteiger partial charge on any atom is 0.167 e. The smallest absolute Gasteiger partial charge is 0.167 e. The van der Waals surface area contributed by atoms with Crippen LogP contribution in [-0.2, 0) is 17.8 Å². The quantitative estimate of drug-likeness (QED) is 0.548. The van der Waals surface area contributed by atoms with E-state index in [2.05, 4.69) is 49.6 Å². The first-order chi connectivity index (χ1) is 16.7. The van der Waals surface area contributed by atoms with Gasteiger partial charge in [0.25, 0.3) is 0 Å². The lowest BCUT2D eigenvalue weighted by atomic mass is 9.87. The van der Waals surface area contributed by atoms with E-state index in [4.69, 9.17) is 19.9 Å². The number of benzene rings is 1. The molecule has 3 N–H and O–H groups in total. The Bertz CT molecular complexity index is 1160. The molecule has 7 heteroatoms. The largest absolute Gasteiger partial charge is 0.465 e. The Hall–Kier alpha value is -2.87. The fourth-order valence-electron chi connectivity index (χ4n) is 5.38. The number of hydrogen-bond donors (Lipinski definition) is 2. The molecule has 1 fully saturated rings. The van der Waals surface area contributed by atoms with Gasteiger partial charge in [0.2, 0.25) is 0 Å². The third-order valence-electron chi connectivity index (χ3n) is 7.24. The molecule has 2 aromatic heterocycles. The monoisotopic (exact) mass is 476 g/mol. The van der Waals surface area contributed by atoms with Crippen LogP contribution in [0.2, 0.25) is 0 Å². The standard InChI is InChI=1S/C28H36N4O3/c1-18(2)25-21-17-35-28(3,4)15-20(21)24(29)26(30-25)31-12-13-32(27(33)23-11-8-14-34-23)22(16-31)19-9-6-5-7-10-19/h5-11,14,18,22,27,33H,12-13,15-17,29H2,1-4H3/t22-,27?/m0/s1. The first-order valence-electron chi connectivity index (χ1n) is 12.5. The van der Waals surface area contributed by atoms with Crippen LogP contribution in [0.3, 0.4) is 0 Å². The van der Waals surface area contributed by atoms with E-state index >= 15 is 0 Å². The van der Waals surface area contributed by atoms with Crippen molar-refractivity contribution in [1.82, 2.24) is 9.88 Å². The van der Waals surface area contributed by atoms with Crippen LogP contribution < -0.4 is 10.6 Å². The summed E-state index contributed by atoms with van der Waals surface area (Å²) in [4.78, 5) is 9.51. The molecule has 7 nitrogen and oxygen atoms in total. The number of nitrogen functional groups attached to an aromatic ring is 1. The van der Waals surface area contributed by atoms with Gasteiger partial charge in [-0.25, -0.2) is 4.98 Å². The summed E-state index contributed by atoms with van der Waals surface area (Å²) >= 11 is 0. The molecule has 1 saturated heterocycles. The number of rotatable bonds is 5. The van der Waals surface area contributed by atoms with E-state index in [0.717, 1.165) is 34.7 Å². The molecule has 35 heavy (non-hydrogen) atoms. The Labute approximate surface area is 207 Å². The van der Waals surface area contributed by atoms with Gasteiger partial charge >= 0.3 is 0 Å². The first-order valence-corrected chi connectivity index (χ1v) is 12.5. The number of aliphatic hydroxyl groups excluding tert-OH is 1. The van der Waals surface area contributed by atoms with Crippen molar-refractivity contribution in [3.8, 4) is 0 Å². The molecule has 186 valence electrons. The fourth-order valence-corrected chi connectivity index (χ4v) is 5.38. The molecule has 4 heterocycles. The summed E-state index contributed by atoms with van der Waals surface area (Å²) in [7, 11) is 0. The lowest BCUT2D eigenvalue weighted by molar-refractivity contribution is -0.0472. The molecule has 0 radical (unpaired) electrons. The molecular weight excluding hydrogens is 440 g/mol. The summed E-state index contributed by atoms with van der Waals surface area (Å²) in [5, 5.41) is 11.2. The SMILES string of the molecule is CC(C)c1nc(N2CCN(C(O)c3ccco3)[C@H](c3ccccc3)C2)c(N)c2c1COC(C)(C)C2. The number of ether oxygens (including phenoxy) is 1. The highest BCUT2D eigenvalue weighted by Gasteiger charge is 2.37. The van der Waals surface area contributed by atoms with Crippen molar-refractivity contribution in [2.45, 2.75) is 64.5 Å². The number of aliphatic hydroxyl groups is 1. The third-order valence-corrected chi connectivity index (χ3v) is 7.24. The van der Waals surface area contributed by atoms with E-state index in [1.807, 2.05) is 30.3 Å². The van der Waals surface area contributed by atoms with Crippen LogP contribution in [0, 0.1) is 0 Å². The topological polar surface area (TPSA) is 88.0 Å². The zero-order chi connectivity index (χ0) is 24.7. The van der Waals surface area contributed by atoms with Crippen LogP contribution in [0.15, 0.2) is 53.1 Å². The molecule has 1 unspecified atom stereocenters. The van der Waals surface area contributed by atoms with Crippen LogP contribution in [0.1, 0.15) is 74.0 Å². The van der Waals surface area contributed by atoms with Crippen LogP contribution >= 0.6 is 0 Å². The second-order valence-electron chi connectivity index (χ2n) is 10.6. The molecule has 2 aliphatic heterocycles. The molecule has 2 aliphatic rings. The van der Waals surface area contributed by atoms with E-state index in [-0.39, 0.29) is 17.6 Å². The van der Waals surface area contributed by atoms with Gasteiger partial charge < -0.3 is 24.9 Å². The summed E-state index contributed by atoms with van der Waals surface area (Å²) in [5.41, 5.74) is 11.9. The van der Waals surface area contributed by atoms with Crippen molar-refractivity contribution in [3.05, 3.63) is 76.9 Å². The van der Waals surface area contributed by atoms with E-state index in [0.29, 0.717) is 32.0 Å². The van der Waals surface area contributed by atoms with Crippen molar-refractivity contribution >= 4 is 11.5 Å². The Morgan fingerprint density at radius 1 is 1.09 bits per heavy atom. The van der Waals surface area contributed by atoms with Gasteiger partial charge in [-0.2, -0.15) is 0 Å². The molecular formula is C28H36N4O3. The molecule has 3 aromatic rings. The molecule has 0 amide bonds. The maximum absolute atomic E-state index is 11.2. The lowest BCUT2D eigenvalue weighted by Crippen LogP contribution is -2.50. The number of aromatic nitrogens is 1. The third kappa shape index (κ3) is 4.56. The molecule has 0 spiro atoms. The number of piperazine rings is 1. The lowest BCUT2D eigenvalue weighted by Gasteiger charge is -2.44. The predicted octanol–water partition coefficient (Wildman–Crippen LogP) is 4.79. The summed E-state index contributed by atoms with van der Waals surface area (Å²) in [6.07, 6.45) is 1.54. The van der Waals surface area contributed by atoms with Crippen LogP contribution in [0.25, 0.3) is 0 Å². The number of furan rings is 1. The minimum absolute atomic E-state index is 0.0513. The zero-order valence-electron chi connectivity index (χ0n) is 21.1. The van der Waals surface area contributed by atoms with Crippen LogP contribution in [0.4, 0.5) is 11.5 Å². The van der Waals surface area contributed by atoms with Crippen molar-refractivity contribution in [2.75, 3.05) is 30.3 Å². The Kier molecular flexibility index (Phi) is 6.34. The number of anilines is 2. The van der Waals surface area contributed by atoms with Crippen LogP contribution in [-0.4, -0.2) is 40.2 Å². The van der Waals surface area contributed by atoms with Gasteiger partial charge in [-0.05, 0) is 43.0 Å². The molecule has 0 aliphatic carbocycles. The van der Waals surface area contributed by atoms with Crippen molar-refractivity contribution < 1.29 is 14.3 Å². The van der Waals surface area contributed by atoms with Crippen molar-refractivity contribution in [1.29, 1.82) is 0 Å². The predicted molar refractivity (Wildman–Crippen MR) is 137 cm³/mol. The Morgan fingerprint density at radius 3 is 2.54 bits per heavy atom. The van der Waals surface area contributed by atoms with E-state index in [1.165, 1.54) is 5.56 Å². The second kappa shape index (κ2) is 9.30. The molecule has 2 atom stereocenters. The normalized spacial score (nSPS) is 21.2. The molecule has 0 saturated carbocycles. The van der Waals surface area contributed by atoms with Crippen molar-refractivity contribution in [2.24, 2.45) is 0 Å². The van der Waals surface area contributed by atoms with E-state index in [9.17, 15) is 5.11 Å². The second-order valence-corrected chi connectivity index (χ2v) is 10.6. The van der Waals surface area contributed by atoms with Crippen molar-refractivity contribution in [3.63, 3.8) is 0 Å². The van der Waals surface area contributed by atoms with Gasteiger partial charge in [0.15, 0.2) is 12.0 Å². The van der Waals surface area contributed by atoms with Gasteiger partial charge in [0, 0.05) is 31.6 Å². The number of hydrogen-bond acceptors (Lipinski definition) is 7. The molecule has 5 rings (SSSR count). The van der Waals surface area contributed by atoms with Gasteiger partial charge in [0.1, 0.15) is 5.76 Å². The number of nitrogens with two attached hydrogens (primary N) is 1. The molecule has 0 bridgehead atoms. The average Bonchev–Trinajstić information content (AvgIpc) is 3.39. The highest BCUT2D eigenvalue weighted by Crippen LogP contribution is 2.41. The summed E-state index contributed by atoms with van der Waals surface area (Å²) in [6, 6.07) is 13.9. The minimum atomic E-state index is -0.824. The fraction of sp³-hybridized carbons (Fsp3) is 0.464. The van der Waals surface area contributed by atoms with Crippen LogP contribution in [0.5, 0.6) is 0 Å².